The van der Waals surface area contributed by atoms with Crippen molar-refractivity contribution in [3.8, 4) is 23.0 Å². The van der Waals surface area contributed by atoms with E-state index in [1.807, 2.05) is 24.3 Å². The number of aromatic carboxylic acids is 4. The van der Waals surface area contributed by atoms with E-state index < -0.39 is 23.9 Å². The fraction of sp³-hybridized carbons (Fsp3) is 0. The van der Waals surface area contributed by atoms with Gasteiger partial charge in [0.25, 0.3) is 0 Å². The summed E-state index contributed by atoms with van der Waals surface area (Å²) >= 11 is 0. The van der Waals surface area contributed by atoms with E-state index in [0.29, 0.717) is 11.5 Å². The molecule has 6 heterocycles. The number of carbonyl (C=O) groups is 4. The third kappa shape index (κ3) is 13.3. The third-order valence-electron chi connectivity index (χ3n) is 9.24. The van der Waals surface area contributed by atoms with Crippen LogP contribution in [0.25, 0.3) is 43.6 Å². The molecule has 0 amide bonds. The quantitative estimate of drug-likeness (QED) is 0.147. The Bertz CT molecular complexity index is 3030. The second-order valence-electron chi connectivity index (χ2n) is 13.7. The number of pyridine rings is 6. The molecule has 0 aliphatic heterocycles. The minimum absolute atomic E-state index is 0. The number of carbonyl (C=O) groups excluding carboxylic acids is 4. The van der Waals surface area contributed by atoms with Gasteiger partial charge in [-0.25, -0.2) is 0 Å². The number of carboxylic acids is 4. The molecule has 324 valence electrons. The van der Waals surface area contributed by atoms with E-state index in [-0.39, 0.29) is 72.7 Å². The molecule has 10 rings (SSSR count). The summed E-state index contributed by atoms with van der Waals surface area (Å²) in [5.74, 6) is -4.16. The van der Waals surface area contributed by atoms with E-state index in [1.165, 1.54) is 73.1 Å². The van der Waals surface area contributed by atoms with Crippen LogP contribution in [-0.2, 0) is 39.0 Å². The number of ether oxygens (including phenoxy) is 2. The van der Waals surface area contributed by atoms with Gasteiger partial charge in [-0.05, 0) is 96.1 Å². The topological polar surface area (TPSA) is 256 Å². The van der Waals surface area contributed by atoms with E-state index in [9.17, 15) is 39.6 Å². The van der Waals surface area contributed by atoms with Crippen LogP contribution >= 0.6 is 0 Å². The molecule has 0 spiro atoms. The second-order valence-corrected chi connectivity index (χ2v) is 13.7. The monoisotopic (exact) mass is 1000 g/mol. The number of aromatic nitrogens is 6. The molecule has 0 aliphatic carbocycles. The Morgan fingerprint density at radius 1 is 0.338 bits per heavy atom. The van der Waals surface area contributed by atoms with Crippen molar-refractivity contribution >= 4 is 67.5 Å². The molecule has 0 bridgehead atoms. The zero-order chi connectivity index (χ0) is 46.4. The predicted molar refractivity (Wildman–Crippen MR) is 233 cm³/mol. The Morgan fingerprint density at radius 3 is 0.882 bits per heavy atom. The SMILES string of the molecule is O=C([O-])c1ccc(Oc2cncc(C(=O)[O-])c2)cc1.O=C([O-])c1ccc(Oc2cncc(C(=O)[O-])c2)cc1.[Zn+2].[Zn+2].c1cnc2c(c1)ccc1cccnc12.c1cnc2c(c1)ccc1cccnc12. The second kappa shape index (κ2) is 24.2. The Balaban J connectivity index is 0.000000169. The van der Waals surface area contributed by atoms with Crippen molar-refractivity contribution in [2.45, 2.75) is 0 Å². The zero-order valence-electron chi connectivity index (χ0n) is 35.5. The van der Waals surface area contributed by atoms with E-state index in [0.717, 1.165) is 56.0 Å². The molecule has 0 radical (unpaired) electrons. The third-order valence-corrected chi connectivity index (χ3v) is 9.24. The summed E-state index contributed by atoms with van der Waals surface area (Å²) in [7, 11) is 0. The van der Waals surface area contributed by atoms with Gasteiger partial charge in [-0.15, -0.1) is 0 Å². The van der Waals surface area contributed by atoms with Crippen LogP contribution in [0, 0.1) is 0 Å². The van der Waals surface area contributed by atoms with Gasteiger partial charge in [0.2, 0.25) is 0 Å². The molecule has 16 nitrogen and oxygen atoms in total. The first-order chi connectivity index (χ1) is 32.0. The van der Waals surface area contributed by atoms with Crippen molar-refractivity contribution in [2.24, 2.45) is 0 Å². The Labute approximate surface area is 411 Å². The summed E-state index contributed by atoms with van der Waals surface area (Å²) in [6, 6.07) is 37.8. The largest absolute Gasteiger partial charge is 2.00 e. The van der Waals surface area contributed by atoms with Crippen LogP contribution in [0.4, 0.5) is 0 Å². The van der Waals surface area contributed by atoms with Crippen LogP contribution in [0.2, 0.25) is 0 Å². The molecule has 0 unspecified atom stereocenters. The minimum Gasteiger partial charge on any atom is -0.545 e. The molecule has 6 aromatic heterocycles. The minimum atomic E-state index is -1.36. The maximum atomic E-state index is 10.6. The number of carboxylic acid groups (broad SMARTS) is 4. The molecule has 0 aliphatic rings. The van der Waals surface area contributed by atoms with Crippen molar-refractivity contribution in [3.63, 3.8) is 0 Å². The molecular formula is C50H30N6O10Zn2. The van der Waals surface area contributed by atoms with Gasteiger partial charge in [0.15, 0.2) is 0 Å². The summed E-state index contributed by atoms with van der Waals surface area (Å²) < 4.78 is 10.7. The number of nitrogens with zero attached hydrogens (tertiary/aromatic N) is 6. The fourth-order valence-electron chi connectivity index (χ4n) is 6.12. The Kier molecular flexibility index (Phi) is 18.0. The molecular weight excluding hydrogens is 975 g/mol. The van der Waals surface area contributed by atoms with Crippen LogP contribution in [0.3, 0.4) is 0 Å². The first kappa shape index (κ1) is 50.5. The van der Waals surface area contributed by atoms with Gasteiger partial charge in [-0.3, -0.25) is 29.9 Å². The van der Waals surface area contributed by atoms with Gasteiger partial charge in [-0.1, -0.05) is 48.5 Å². The number of fused-ring (bicyclic) bond motifs is 6. The van der Waals surface area contributed by atoms with Gasteiger partial charge >= 0.3 is 39.0 Å². The molecule has 0 fully saturated rings. The van der Waals surface area contributed by atoms with E-state index in [2.05, 4.69) is 78.4 Å². The summed E-state index contributed by atoms with van der Waals surface area (Å²) in [6.45, 7) is 0. The van der Waals surface area contributed by atoms with Crippen molar-refractivity contribution < 1.29 is 88.0 Å². The van der Waals surface area contributed by atoms with E-state index in [1.54, 1.807) is 24.8 Å². The smallest absolute Gasteiger partial charge is 0.545 e. The number of hydrogen-bond donors (Lipinski definition) is 0. The molecule has 0 saturated heterocycles. The van der Waals surface area contributed by atoms with Crippen LogP contribution in [0.1, 0.15) is 41.4 Å². The van der Waals surface area contributed by atoms with Gasteiger partial charge < -0.3 is 49.1 Å². The molecule has 0 N–H and O–H groups in total. The van der Waals surface area contributed by atoms with Crippen LogP contribution in [0.5, 0.6) is 23.0 Å². The summed E-state index contributed by atoms with van der Waals surface area (Å²) in [6.07, 6.45) is 12.2. The van der Waals surface area contributed by atoms with Gasteiger partial charge in [0.05, 0.1) is 58.3 Å². The van der Waals surface area contributed by atoms with Gasteiger partial charge in [-0.2, -0.15) is 0 Å². The molecule has 18 heteroatoms. The first-order valence-corrected chi connectivity index (χ1v) is 19.5. The summed E-state index contributed by atoms with van der Waals surface area (Å²) in [4.78, 5) is 67.2. The Hall–Kier alpha value is -8.45. The van der Waals surface area contributed by atoms with Crippen molar-refractivity contribution in [1.29, 1.82) is 0 Å². The Morgan fingerprint density at radius 2 is 0.618 bits per heavy atom. The molecule has 0 saturated carbocycles. The summed E-state index contributed by atoms with van der Waals surface area (Å²) in [5.41, 5.74) is 3.74. The average molecular weight is 1010 g/mol. The van der Waals surface area contributed by atoms with E-state index >= 15 is 0 Å². The first-order valence-electron chi connectivity index (χ1n) is 19.5. The van der Waals surface area contributed by atoms with Crippen molar-refractivity contribution in [1.82, 2.24) is 29.9 Å². The van der Waals surface area contributed by atoms with Gasteiger partial charge in [0.1, 0.15) is 23.0 Å². The molecule has 68 heavy (non-hydrogen) atoms. The average Bonchev–Trinajstić information content (AvgIpc) is 3.35. The van der Waals surface area contributed by atoms with Crippen molar-refractivity contribution in [3.05, 3.63) is 205 Å². The number of benzene rings is 4. The van der Waals surface area contributed by atoms with E-state index in [4.69, 9.17) is 9.47 Å². The van der Waals surface area contributed by atoms with Crippen LogP contribution < -0.4 is 29.9 Å². The van der Waals surface area contributed by atoms with Crippen molar-refractivity contribution in [2.75, 3.05) is 0 Å². The molecule has 0 atom stereocenters. The predicted octanol–water partition coefficient (Wildman–Crippen LogP) is 4.76. The normalized spacial score (nSPS) is 10.0. The van der Waals surface area contributed by atoms with Crippen LogP contribution in [0.15, 0.2) is 183 Å². The molecule has 10 aromatic rings. The number of hydrogen-bond acceptors (Lipinski definition) is 16. The van der Waals surface area contributed by atoms with Gasteiger partial charge in [0, 0.05) is 69.9 Å². The summed E-state index contributed by atoms with van der Waals surface area (Å²) in [5, 5.41) is 47.0. The molecule has 4 aromatic carbocycles. The fourth-order valence-corrected chi connectivity index (χ4v) is 6.12. The van der Waals surface area contributed by atoms with Crippen LogP contribution in [-0.4, -0.2) is 53.8 Å². The number of rotatable bonds is 8. The maximum Gasteiger partial charge on any atom is 2.00 e. The zero-order valence-corrected chi connectivity index (χ0v) is 41.4. The maximum absolute atomic E-state index is 10.6. The standard InChI is InChI=1S/2C13H9NO5.2C12H8N2.2Zn/c2*15-12(16)8-1-3-10(4-2-8)19-11-5-9(13(17)18)6-14-7-11;2*1-3-9-5-6-10-4-2-8-14-12(10)11(9)13-7-1;;/h2*1-7H,(H,15,16)(H,17,18);2*1-8H;;/q;;;;2*+2/p-4.